The second-order valence-electron chi connectivity index (χ2n) is 7.80. The standard InChI is InChI=1S/C20H31NO7S/c1-5-6-10-27-15-7-8-18-16(12-15)17(13-20(2,3)28-18)21(29(4,24)25)9-11-26-14-19(22)23/h7-8,12,17H,5-6,9-11,13-14H2,1-4H3,(H,22,23). The van der Waals surface area contributed by atoms with Crippen molar-refractivity contribution in [3.63, 3.8) is 0 Å². The van der Waals surface area contributed by atoms with Crippen LogP contribution < -0.4 is 9.47 Å². The molecular weight excluding hydrogens is 398 g/mol. The molecule has 9 heteroatoms. The van der Waals surface area contributed by atoms with Crippen LogP contribution in [0.4, 0.5) is 0 Å². The van der Waals surface area contributed by atoms with Crippen LogP contribution in [0, 0.1) is 0 Å². The molecule has 0 bridgehead atoms. The summed E-state index contributed by atoms with van der Waals surface area (Å²) in [5.74, 6) is 0.192. The highest BCUT2D eigenvalue weighted by Gasteiger charge is 2.40. The number of carboxylic acids is 1. The van der Waals surface area contributed by atoms with Gasteiger partial charge in [-0.15, -0.1) is 0 Å². The monoisotopic (exact) mass is 429 g/mol. The highest BCUT2D eigenvalue weighted by molar-refractivity contribution is 7.88. The lowest BCUT2D eigenvalue weighted by atomic mass is 9.89. The minimum absolute atomic E-state index is 0.0147. The largest absolute Gasteiger partial charge is 0.494 e. The van der Waals surface area contributed by atoms with Crippen molar-refractivity contribution in [2.75, 3.05) is 32.6 Å². The van der Waals surface area contributed by atoms with Crippen molar-refractivity contribution in [1.82, 2.24) is 4.31 Å². The minimum Gasteiger partial charge on any atom is -0.494 e. The quantitative estimate of drug-likeness (QED) is 0.540. The fourth-order valence-corrected chi connectivity index (χ4v) is 4.40. The number of unbranched alkanes of at least 4 members (excludes halogenated alkanes) is 1. The third-order valence-corrected chi connectivity index (χ3v) is 5.92. The molecule has 8 nitrogen and oxygen atoms in total. The SMILES string of the molecule is CCCCOc1ccc2c(c1)C(N(CCOCC(=O)O)S(C)(=O)=O)CC(C)(C)O2. The molecule has 1 unspecified atom stereocenters. The number of aliphatic carboxylic acids is 1. The summed E-state index contributed by atoms with van der Waals surface area (Å²) in [4.78, 5) is 10.6. The maximum atomic E-state index is 12.6. The zero-order valence-electron chi connectivity index (χ0n) is 17.5. The molecule has 0 aromatic heterocycles. The van der Waals surface area contributed by atoms with Gasteiger partial charge in [-0.3, -0.25) is 0 Å². The smallest absolute Gasteiger partial charge is 0.329 e. The summed E-state index contributed by atoms with van der Waals surface area (Å²) in [6, 6.07) is 5.01. The number of nitrogens with zero attached hydrogens (tertiary/aromatic N) is 1. The Morgan fingerprint density at radius 3 is 2.69 bits per heavy atom. The van der Waals surface area contributed by atoms with Crippen LogP contribution in [0.1, 0.15) is 51.6 Å². The lowest BCUT2D eigenvalue weighted by Gasteiger charge is -2.41. The molecule has 0 saturated carbocycles. The van der Waals surface area contributed by atoms with Crippen molar-refractivity contribution >= 4 is 16.0 Å². The Kier molecular flexibility index (Phi) is 7.90. The van der Waals surface area contributed by atoms with E-state index in [1.807, 2.05) is 32.0 Å². The normalized spacial score (nSPS) is 18.2. The Morgan fingerprint density at radius 2 is 2.07 bits per heavy atom. The van der Waals surface area contributed by atoms with E-state index < -0.39 is 34.2 Å². The Morgan fingerprint density at radius 1 is 1.34 bits per heavy atom. The first-order valence-corrected chi connectivity index (χ1v) is 11.6. The van der Waals surface area contributed by atoms with E-state index in [4.69, 9.17) is 19.3 Å². The Balaban J connectivity index is 2.32. The fraction of sp³-hybridized carbons (Fsp3) is 0.650. The molecule has 1 aromatic rings. The number of hydrogen-bond acceptors (Lipinski definition) is 6. The molecule has 1 N–H and O–H groups in total. The molecule has 164 valence electrons. The summed E-state index contributed by atoms with van der Waals surface area (Å²) >= 11 is 0. The predicted molar refractivity (Wildman–Crippen MR) is 109 cm³/mol. The average Bonchev–Trinajstić information content (AvgIpc) is 2.59. The van der Waals surface area contributed by atoms with E-state index in [-0.39, 0.29) is 13.2 Å². The molecular formula is C20H31NO7S. The molecule has 1 aliphatic rings. The Bertz CT molecular complexity index is 807. The van der Waals surface area contributed by atoms with Crippen molar-refractivity contribution < 1.29 is 32.5 Å². The van der Waals surface area contributed by atoms with E-state index in [2.05, 4.69) is 6.92 Å². The molecule has 0 spiro atoms. The van der Waals surface area contributed by atoms with Crippen molar-refractivity contribution in [3.8, 4) is 11.5 Å². The van der Waals surface area contributed by atoms with Gasteiger partial charge in [0.15, 0.2) is 0 Å². The van der Waals surface area contributed by atoms with Gasteiger partial charge < -0.3 is 19.3 Å². The van der Waals surface area contributed by atoms with Gasteiger partial charge in [0.25, 0.3) is 0 Å². The van der Waals surface area contributed by atoms with Crippen molar-refractivity contribution in [2.45, 2.75) is 51.7 Å². The molecule has 0 radical (unpaired) electrons. The second-order valence-corrected chi connectivity index (χ2v) is 9.74. The van der Waals surface area contributed by atoms with Crippen LogP contribution in [0.5, 0.6) is 11.5 Å². The van der Waals surface area contributed by atoms with Crippen molar-refractivity contribution in [3.05, 3.63) is 23.8 Å². The molecule has 1 aliphatic heterocycles. The van der Waals surface area contributed by atoms with Crippen LogP contribution in [-0.2, 0) is 19.6 Å². The second kappa shape index (κ2) is 9.77. The van der Waals surface area contributed by atoms with Crippen LogP contribution in [-0.4, -0.2) is 62.0 Å². The van der Waals surface area contributed by atoms with E-state index in [1.165, 1.54) is 4.31 Å². The van der Waals surface area contributed by atoms with E-state index in [1.54, 1.807) is 0 Å². The summed E-state index contributed by atoms with van der Waals surface area (Å²) in [5, 5.41) is 8.72. The first-order chi connectivity index (χ1) is 13.5. The van der Waals surface area contributed by atoms with Gasteiger partial charge in [-0.05, 0) is 38.5 Å². The molecule has 0 saturated heterocycles. The van der Waals surface area contributed by atoms with Gasteiger partial charge in [0.1, 0.15) is 23.7 Å². The van der Waals surface area contributed by atoms with Gasteiger partial charge in [-0.25, -0.2) is 13.2 Å². The molecule has 29 heavy (non-hydrogen) atoms. The molecule has 0 aliphatic carbocycles. The number of carboxylic acid groups (broad SMARTS) is 1. The van der Waals surface area contributed by atoms with Gasteiger partial charge in [-0.1, -0.05) is 13.3 Å². The number of fused-ring (bicyclic) bond motifs is 1. The van der Waals surface area contributed by atoms with Crippen LogP contribution in [0.25, 0.3) is 0 Å². The number of hydrogen-bond donors (Lipinski definition) is 1. The van der Waals surface area contributed by atoms with Gasteiger partial charge >= 0.3 is 5.97 Å². The number of sulfonamides is 1. The highest BCUT2D eigenvalue weighted by Crippen LogP contribution is 2.44. The van der Waals surface area contributed by atoms with Crippen LogP contribution in [0.15, 0.2) is 18.2 Å². The minimum atomic E-state index is -3.58. The van der Waals surface area contributed by atoms with Gasteiger partial charge in [0.05, 0.1) is 25.5 Å². The topological polar surface area (TPSA) is 102 Å². The van der Waals surface area contributed by atoms with Crippen LogP contribution in [0.3, 0.4) is 0 Å². The van der Waals surface area contributed by atoms with Gasteiger partial charge in [0, 0.05) is 18.5 Å². The van der Waals surface area contributed by atoms with Crippen molar-refractivity contribution in [1.29, 1.82) is 0 Å². The molecule has 1 atom stereocenters. The van der Waals surface area contributed by atoms with E-state index >= 15 is 0 Å². The number of ether oxygens (including phenoxy) is 3. The maximum absolute atomic E-state index is 12.6. The number of benzene rings is 1. The zero-order valence-corrected chi connectivity index (χ0v) is 18.3. The first kappa shape index (κ1) is 23.4. The summed E-state index contributed by atoms with van der Waals surface area (Å²) in [7, 11) is -3.58. The Hall–Kier alpha value is -1.84. The number of rotatable bonds is 11. The fourth-order valence-electron chi connectivity index (χ4n) is 3.34. The molecule has 0 amide bonds. The van der Waals surface area contributed by atoms with Gasteiger partial charge in [0.2, 0.25) is 10.0 Å². The molecule has 0 fully saturated rings. The summed E-state index contributed by atoms with van der Waals surface area (Å²) in [5.41, 5.74) is 0.176. The van der Waals surface area contributed by atoms with Gasteiger partial charge in [-0.2, -0.15) is 4.31 Å². The molecule has 2 rings (SSSR count). The lowest BCUT2D eigenvalue weighted by Crippen LogP contribution is -2.44. The van der Waals surface area contributed by atoms with Crippen LogP contribution >= 0.6 is 0 Å². The highest BCUT2D eigenvalue weighted by atomic mass is 32.2. The number of carbonyl (C=O) groups is 1. The van der Waals surface area contributed by atoms with Crippen LogP contribution in [0.2, 0.25) is 0 Å². The van der Waals surface area contributed by atoms with Crippen molar-refractivity contribution in [2.24, 2.45) is 0 Å². The third kappa shape index (κ3) is 6.87. The van der Waals surface area contributed by atoms with E-state index in [0.717, 1.165) is 24.7 Å². The first-order valence-electron chi connectivity index (χ1n) is 9.75. The van der Waals surface area contributed by atoms with E-state index in [0.29, 0.717) is 24.5 Å². The molecule has 1 heterocycles. The maximum Gasteiger partial charge on any atom is 0.329 e. The van der Waals surface area contributed by atoms with E-state index in [9.17, 15) is 13.2 Å². The summed E-state index contributed by atoms with van der Waals surface area (Å²) in [6.07, 6.45) is 3.54. The Labute approximate surface area is 172 Å². The third-order valence-electron chi connectivity index (χ3n) is 4.63. The summed E-state index contributed by atoms with van der Waals surface area (Å²) < 4.78 is 43.4. The molecule has 1 aromatic carbocycles. The average molecular weight is 430 g/mol. The predicted octanol–water partition coefficient (Wildman–Crippen LogP) is 2.83. The summed E-state index contributed by atoms with van der Waals surface area (Å²) in [6.45, 7) is 6.06. The lowest BCUT2D eigenvalue weighted by molar-refractivity contribution is -0.142. The zero-order chi connectivity index (χ0) is 21.7.